The van der Waals surface area contributed by atoms with Gasteiger partial charge in [-0.05, 0) is 37.3 Å². The molecule has 96 valence electrons. The molecule has 0 saturated heterocycles. The smallest absolute Gasteiger partial charge is 0.0456 e. The Labute approximate surface area is 105 Å². The summed E-state index contributed by atoms with van der Waals surface area (Å²) in [5, 5.41) is 12.5. The summed E-state index contributed by atoms with van der Waals surface area (Å²) in [4.78, 5) is 0. The zero-order valence-corrected chi connectivity index (χ0v) is 11.0. The van der Waals surface area contributed by atoms with E-state index in [1.54, 1.807) is 0 Å². The van der Waals surface area contributed by atoms with Crippen LogP contribution in [0.1, 0.15) is 44.7 Å². The van der Waals surface area contributed by atoms with Crippen LogP contribution in [0.4, 0.5) is 0 Å². The summed E-state index contributed by atoms with van der Waals surface area (Å²) in [5.41, 5.74) is 1.37. The molecule has 0 fully saturated rings. The van der Waals surface area contributed by atoms with Gasteiger partial charge in [-0.15, -0.1) is 0 Å². The van der Waals surface area contributed by atoms with Gasteiger partial charge in [0.15, 0.2) is 0 Å². The molecule has 1 aromatic carbocycles. The van der Waals surface area contributed by atoms with E-state index in [2.05, 4.69) is 49.5 Å². The molecule has 2 N–H and O–H groups in total. The molecule has 0 aliphatic heterocycles. The number of hydrogen-bond acceptors (Lipinski definition) is 2. The first-order valence-electron chi connectivity index (χ1n) is 6.67. The summed E-state index contributed by atoms with van der Waals surface area (Å²) in [6.45, 7) is 5.63. The van der Waals surface area contributed by atoms with Crippen LogP contribution in [0.25, 0.3) is 0 Å². The molecule has 2 heteroatoms. The van der Waals surface area contributed by atoms with Gasteiger partial charge in [0.05, 0.1) is 0 Å². The maximum absolute atomic E-state index is 8.95. The van der Waals surface area contributed by atoms with Crippen molar-refractivity contribution in [2.45, 2.75) is 39.2 Å². The summed E-state index contributed by atoms with van der Waals surface area (Å²) in [6, 6.07) is 11.1. The van der Waals surface area contributed by atoms with Crippen molar-refractivity contribution in [3.05, 3.63) is 35.9 Å². The third-order valence-corrected chi connectivity index (χ3v) is 3.19. The molecule has 17 heavy (non-hydrogen) atoms. The van der Waals surface area contributed by atoms with Crippen molar-refractivity contribution < 1.29 is 5.11 Å². The third-order valence-electron chi connectivity index (χ3n) is 3.19. The second kappa shape index (κ2) is 8.26. The highest BCUT2D eigenvalue weighted by atomic mass is 16.3. The quantitative estimate of drug-likeness (QED) is 0.678. The van der Waals surface area contributed by atoms with Crippen molar-refractivity contribution in [3.8, 4) is 0 Å². The number of rotatable bonds is 8. The van der Waals surface area contributed by atoms with Crippen LogP contribution in [0.15, 0.2) is 30.3 Å². The molecule has 0 radical (unpaired) electrons. The topological polar surface area (TPSA) is 32.3 Å². The molecule has 0 amide bonds. The van der Waals surface area contributed by atoms with Crippen LogP contribution in [0.5, 0.6) is 0 Å². The van der Waals surface area contributed by atoms with Gasteiger partial charge < -0.3 is 10.4 Å². The van der Waals surface area contributed by atoms with E-state index in [1.165, 1.54) is 5.56 Å². The van der Waals surface area contributed by atoms with Gasteiger partial charge in [-0.2, -0.15) is 0 Å². The lowest BCUT2D eigenvalue weighted by Gasteiger charge is -2.18. The molecule has 0 saturated carbocycles. The maximum atomic E-state index is 8.95. The minimum atomic E-state index is 0.301. The Morgan fingerprint density at radius 2 is 1.94 bits per heavy atom. The van der Waals surface area contributed by atoms with Crippen LogP contribution in [-0.2, 0) is 0 Å². The van der Waals surface area contributed by atoms with Gasteiger partial charge in [-0.25, -0.2) is 0 Å². The molecule has 0 heterocycles. The van der Waals surface area contributed by atoms with E-state index < -0.39 is 0 Å². The number of nitrogens with one attached hydrogen (secondary N) is 1. The van der Waals surface area contributed by atoms with E-state index in [0.29, 0.717) is 18.6 Å². The first-order valence-corrected chi connectivity index (χ1v) is 6.67. The molecule has 0 aliphatic carbocycles. The molecule has 2 nitrogen and oxygen atoms in total. The average Bonchev–Trinajstić information content (AvgIpc) is 2.39. The fourth-order valence-electron chi connectivity index (χ4n) is 2.00. The summed E-state index contributed by atoms with van der Waals surface area (Å²) < 4.78 is 0. The minimum Gasteiger partial charge on any atom is -0.396 e. The maximum Gasteiger partial charge on any atom is 0.0456 e. The van der Waals surface area contributed by atoms with Crippen LogP contribution in [0, 0.1) is 5.92 Å². The van der Waals surface area contributed by atoms with Crippen LogP contribution < -0.4 is 5.32 Å². The Kier molecular flexibility index (Phi) is 6.90. The molecule has 2 atom stereocenters. The molecular weight excluding hydrogens is 210 g/mol. The van der Waals surface area contributed by atoms with Crippen molar-refractivity contribution in [2.24, 2.45) is 5.92 Å². The lowest BCUT2D eigenvalue weighted by atomic mass is 10.0. The number of aliphatic hydroxyl groups excluding tert-OH is 1. The van der Waals surface area contributed by atoms with Gasteiger partial charge in [0.1, 0.15) is 0 Å². The fraction of sp³-hybridized carbons (Fsp3) is 0.600. The molecule has 1 rings (SSSR count). The lowest BCUT2D eigenvalue weighted by Crippen LogP contribution is -2.22. The van der Waals surface area contributed by atoms with Crippen LogP contribution in [0.3, 0.4) is 0 Å². The van der Waals surface area contributed by atoms with E-state index in [4.69, 9.17) is 5.11 Å². The van der Waals surface area contributed by atoms with Gasteiger partial charge in [0.25, 0.3) is 0 Å². The zero-order chi connectivity index (χ0) is 12.5. The number of benzene rings is 1. The second-order valence-corrected chi connectivity index (χ2v) is 4.76. The van der Waals surface area contributed by atoms with Gasteiger partial charge in [-0.3, -0.25) is 0 Å². The van der Waals surface area contributed by atoms with E-state index in [-0.39, 0.29) is 0 Å². The monoisotopic (exact) mass is 235 g/mol. The highest BCUT2D eigenvalue weighted by Gasteiger charge is 2.07. The number of aliphatic hydroxyl groups is 1. The van der Waals surface area contributed by atoms with E-state index >= 15 is 0 Å². The predicted octanol–water partition coefficient (Wildman–Crippen LogP) is 3.14. The molecule has 0 spiro atoms. The first kappa shape index (κ1) is 14.2. The van der Waals surface area contributed by atoms with Gasteiger partial charge in [0.2, 0.25) is 0 Å². The Morgan fingerprint density at radius 1 is 1.24 bits per heavy atom. The van der Waals surface area contributed by atoms with Gasteiger partial charge >= 0.3 is 0 Å². The molecule has 1 aromatic rings. The van der Waals surface area contributed by atoms with Crippen LogP contribution in [-0.4, -0.2) is 18.3 Å². The van der Waals surface area contributed by atoms with Gasteiger partial charge in [-0.1, -0.05) is 44.2 Å². The zero-order valence-electron chi connectivity index (χ0n) is 11.0. The van der Waals surface area contributed by atoms with Crippen molar-refractivity contribution in [2.75, 3.05) is 13.2 Å². The Bertz CT molecular complexity index is 286. The average molecular weight is 235 g/mol. The van der Waals surface area contributed by atoms with E-state index in [9.17, 15) is 0 Å². The molecular formula is C15H25NO. The predicted molar refractivity (Wildman–Crippen MR) is 73.0 cm³/mol. The number of hydrogen-bond donors (Lipinski definition) is 2. The fourth-order valence-corrected chi connectivity index (χ4v) is 2.00. The minimum absolute atomic E-state index is 0.301. The largest absolute Gasteiger partial charge is 0.396 e. The first-order chi connectivity index (χ1) is 8.27. The highest BCUT2D eigenvalue weighted by molar-refractivity contribution is 5.18. The van der Waals surface area contributed by atoms with Crippen molar-refractivity contribution >= 4 is 0 Å². The third kappa shape index (κ3) is 5.33. The Balaban J connectivity index is 2.29. The summed E-state index contributed by atoms with van der Waals surface area (Å²) in [6.07, 6.45) is 3.33. The standard InChI is InChI=1S/C15H25NO/c1-3-15(14-9-5-4-6-10-14)16-11-7-8-13(2)12-17/h4-6,9-10,13,15-17H,3,7-8,11-12H2,1-2H3. The Hall–Kier alpha value is -0.860. The van der Waals surface area contributed by atoms with E-state index in [1.807, 2.05) is 0 Å². The second-order valence-electron chi connectivity index (χ2n) is 4.76. The van der Waals surface area contributed by atoms with Crippen molar-refractivity contribution in [3.63, 3.8) is 0 Å². The van der Waals surface area contributed by atoms with Crippen LogP contribution in [0.2, 0.25) is 0 Å². The molecule has 0 aromatic heterocycles. The normalized spacial score (nSPS) is 14.5. The highest BCUT2D eigenvalue weighted by Crippen LogP contribution is 2.16. The van der Waals surface area contributed by atoms with Crippen molar-refractivity contribution in [1.82, 2.24) is 5.32 Å². The summed E-state index contributed by atoms with van der Waals surface area (Å²) in [7, 11) is 0. The van der Waals surface area contributed by atoms with Crippen LogP contribution >= 0.6 is 0 Å². The Morgan fingerprint density at radius 3 is 2.53 bits per heavy atom. The van der Waals surface area contributed by atoms with Gasteiger partial charge in [0, 0.05) is 12.6 Å². The van der Waals surface area contributed by atoms with E-state index in [0.717, 1.165) is 25.8 Å². The molecule has 0 bridgehead atoms. The lowest BCUT2D eigenvalue weighted by molar-refractivity contribution is 0.227. The van der Waals surface area contributed by atoms with Crippen molar-refractivity contribution in [1.29, 1.82) is 0 Å². The SMILES string of the molecule is CCC(NCCCC(C)CO)c1ccccc1. The summed E-state index contributed by atoms with van der Waals surface area (Å²) >= 11 is 0. The molecule has 2 unspecified atom stereocenters. The summed E-state index contributed by atoms with van der Waals surface area (Å²) in [5.74, 6) is 0.425. The molecule has 0 aliphatic rings.